The lowest BCUT2D eigenvalue weighted by molar-refractivity contribution is 0.0982. The van der Waals surface area contributed by atoms with Crippen LogP contribution >= 0.6 is 0 Å². The van der Waals surface area contributed by atoms with Crippen LogP contribution in [0.1, 0.15) is 47.3 Å². The highest BCUT2D eigenvalue weighted by Crippen LogP contribution is 2.24. The van der Waals surface area contributed by atoms with Gasteiger partial charge in [0.05, 0.1) is 0 Å². The van der Waals surface area contributed by atoms with Crippen LogP contribution in [0, 0.1) is 13.8 Å². The van der Waals surface area contributed by atoms with Crippen molar-refractivity contribution in [3.63, 3.8) is 0 Å². The molecule has 0 aliphatic carbocycles. The smallest absolute Gasteiger partial charge is 0.163 e. The molecule has 0 heterocycles. The molecule has 3 heteroatoms. The van der Waals surface area contributed by atoms with E-state index in [0.29, 0.717) is 12.0 Å². The molecule has 0 fully saturated rings. The van der Waals surface area contributed by atoms with Gasteiger partial charge in [0.15, 0.2) is 5.78 Å². The number of anilines is 1. The number of carbonyl (C=O) groups is 1. The minimum atomic E-state index is 0.119. The molecule has 0 spiro atoms. The summed E-state index contributed by atoms with van der Waals surface area (Å²) >= 11 is 0. The molecule has 0 radical (unpaired) electrons. The first kappa shape index (κ1) is 18.1. The van der Waals surface area contributed by atoms with Gasteiger partial charge in [0.1, 0.15) is 5.75 Å². The van der Waals surface area contributed by atoms with Crippen LogP contribution in [-0.4, -0.2) is 24.0 Å². The van der Waals surface area contributed by atoms with Crippen molar-refractivity contribution in [3.05, 3.63) is 58.7 Å². The Morgan fingerprint density at radius 3 is 2.04 bits per heavy atom. The molecule has 2 aromatic carbocycles. The summed E-state index contributed by atoms with van der Waals surface area (Å²) < 4.78 is 0. The number of phenols is 1. The number of nitrogens with zero attached hydrogens (tertiary/aromatic N) is 1. The maximum absolute atomic E-state index is 12.4. The lowest BCUT2D eigenvalue weighted by Gasteiger charge is -2.21. The van der Waals surface area contributed by atoms with Gasteiger partial charge in [-0.1, -0.05) is 12.1 Å². The summed E-state index contributed by atoms with van der Waals surface area (Å²) in [5.41, 5.74) is 4.58. The first-order chi connectivity index (χ1) is 11.5. The third-order valence-corrected chi connectivity index (χ3v) is 4.52. The normalized spacial score (nSPS) is 10.7. The van der Waals surface area contributed by atoms with Crippen LogP contribution in [0.2, 0.25) is 0 Å². The second-order valence-electron chi connectivity index (χ2n) is 6.22. The van der Waals surface area contributed by atoms with E-state index < -0.39 is 0 Å². The molecule has 0 amide bonds. The van der Waals surface area contributed by atoms with Crippen molar-refractivity contribution in [3.8, 4) is 5.75 Å². The van der Waals surface area contributed by atoms with Crippen molar-refractivity contribution >= 4 is 11.5 Å². The van der Waals surface area contributed by atoms with Gasteiger partial charge in [-0.15, -0.1) is 0 Å². The van der Waals surface area contributed by atoms with Crippen LogP contribution in [0.4, 0.5) is 5.69 Å². The molecule has 0 aromatic heterocycles. The Labute approximate surface area is 144 Å². The first-order valence-electron chi connectivity index (χ1n) is 8.63. The minimum Gasteiger partial charge on any atom is -0.507 e. The summed E-state index contributed by atoms with van der Waals surface area (Å²) in [7, 11) is 0. The van der Waals surface area contributed by atoms with E-state index in [4.69, 9.17) is 0 Å². The minimum absolute atomic E-state index is 0.119. The molecular formula is C21H27NO2. The van der Waals surface area contributed by atoms with Crippen LogP contribution in [0.15, 0.2) is 36.4 Å². The van der Waals surface area contributed by atoms with E-state index in [9.17, 15) is 9.90 Å². The number of Topliss-reactive ketones (excluding diaryl/α,β-unsaturated/α-hetero) is 1. The Bertz CT molecular complexity index is 677. The summed E-state index contributed by atoms with van der Waals surface area (Å²) in [5.74, 6) is 0.396. The zero-order valence-corrected chi connectivity index (χ0v) is 15.1. The molecule has 0 unspecified atom stereocenters. The molecular weight excluding hydrogens is 298 g/mol. The molecule has 0 bridgehead atoms. The highest BCUT2D eigenvalue weighted by Gasteiger charge is 2.11. The molecule has 2 rings (SSSR count). The van der Waals surface area contributed by atoms with Crippen molar-refractivity contribution in [1.29, 1.82) is 0 Å². The second kappa shape index (κ2) is 8.00. The van der Waals surface area contributed by atoms with Gasteiger partial charge in [0, 0.05) is 30.8 Å². The Kier molecular flexibility index (Phi) is 6.02. The fourth-order valence-electron chi connectivity index (χ4n) is 2.98. The average Bonchev–Trinajstić information content (AvgIpc) is 2.59. The summed E-state index contributed by atoms with van der Waals surface area (Å²) in [4.78, 5) is 14.7. The lowest BCUT2D eigenvalue weighted by Crippen LogP contribution is -2.21. The van der Waals surface area contributed by atoms with Crippen LogP contribution in [0.3, 0.4) is 0 Å². The van der Waals surface area contributed by atoms with E-state index in [2.05, 4.69) is 43.0 Å². The maximum Gasteiger partial charge on any atom is 0.163 e. The van der Waals surface area contributed by atoms with Gasteiger partial charge in [-0.05, 0) is 75.1 Å². The van der Waals surface area contributed by atoms with Gasteiger partial charge in [0.2, 0.25) is 0 Å². The molecule has 1 N–H and O–H groups in total. The molecule has 24 heavy (non-hydrogen) atoms. The van der Waals surface area contributed by atoms with E-state index in [1.165, 1.54) is 11.3 Å². The van der Waals surface area contributed by atoms with Crippen molar-refractivity contribution in [1.82, 2.24) is 0 Å². The molecule has 0 aliphatic heterocycles. The average molecular weight is 325 g/mol. The SMILES string of the molecule is CCN(CC)c1ccc(CCC(=O)c2cc(C)c(O)c(C)c2)cc1. The number of phenolic OH excluding ortho intramolecular Hbond substituents is 1. The van der Waals surface area contributed by atoms with Crippen molar-refractivity contribution < 1.29 is 9.90 Å². The van der Waals surface area contributed by atoms with Gasteiger partial charge in [-0.3, -0.25) is 4.79 Å². The summed E-state index contributed by atoms with van der Waals surface area (Å²) in [6, 6.07) is 12.0. The van der Waals surface area contributed by atoms with Crippen LogP contribution in [0.25, 0.3) is 0 Å². The number of ketones is 1. The number of hydrogen-bond acceptors (Lipinski definition) is 3. The van der Waals surface area contributed by atoms with E-state index in [0.717, 1.165) is 30.6 Å². The monoisotopic (exact) mass is 325 g/mol. The van der Waals surface area contributed by atoms with Gasteiger partial charge < -0.3 is 10.0 Å². The number of aryl methyl sites for hydroxylation is 3. The van der Waals surface area contributed by atoms with E-state index >= 15 is 0 Å². The Morgan fingerprint density at radius 1 is 1.00 bits per heavy atom. The highest BCUT2D eigenvalue weighted by molar-refractivity contribution is 5.96. The predicted molar refractivity (Wildman–Crippen MR) is 100 cm³/mol. The fourth-order valence-corrected chi connectivity index (χ4v) is 2.98. The van der Waals surface area contributed by atoms with Gasteiger partial charge in [-0.25, -0.2) is 0 Å². The number of benzene rings is 2. The number of carbonyl (C=O) groups excluding carboxylic acids is 1. The van der Waals surface area contributed by atoms with Crippen molar-refractivity contribution in [2.24, 2.45) is 0 Å². The molecule has 0 aliphatic rings. The van der Waals surface area contributed by atoms with E-state index in [1.54, 1.807) is 12.1 Å². The topological polar surface area (TPSA) is 40.5 Å². The second-order valence-corrected chi connectivity index (χ2v) is 6.22. The zero-order valence-electron chi connectivity index (χ0n) is 15.1. The Hall–Kier alpha value is -2.29. The number of hydrogen-bond donors (Lipinski definition) is 1. The number of rotatable bonds is 7. The molecule has 0 atom stereocenters. The van der Waals surface area contributed by atoms with Gasteiger partial charge >= 0.3 is 0 Å². The predicted octanol–water partition coefficient (Wildman–Crippen LogP) is 4.67. The van der Waals surface area contributed by atoms with Crippen molar-refractivity contribution in [2.45, 2.75) is 40.5 Å². The third-order valence-electron chi connectivity index (χ3n) is 4.52. The van der Waals surface area contributed by atoms with Crippen LogP contribution in [-0.2, 0) is 6.42 Å². The fraction of sp³-hybridized carbons (Fsp3) is 0.381. The van der Waals surface area contributed by atoms with E-state index in [-0.39, 0.29) is 11.5 Å². The zero-order chi connectivity index (χ0) is 17.7. The summed E-state index contributed by atoms with van der Waals surface area (Å²) in [5, 5.41) is 9.82. The Balaban J connectivity index is 2.01. The largest absolute Gasteiger partial charge is 0.507 e. The molecule has 0 saturated heterocycles. The summed E-state index contributed by atoms with van der Waals surface area (Å²) in [6.07, 6.45) is 1.21. The standard InChI is InChI=1S/C21H27NO2/c1-5-22(6-2)19-10-7-17(8-11-19)9-12-20(23)18-13-15(3)21(24)16(4)14-18/h7-8,10-11,13-14,24H,5-6,9,12H2,1-4H3. The first-order valence-corrected chi connectivity index (χ1v) is 8.63. The van der Waals surface area contributed by atoms with E-state index in [1.807, 2.05) is 13.8 Å². The number of aromatic hydroxyl groups is 1. The molecule has 3 nitrogen and oxygen atoms in total. The maximum atomic E-state index is 12.4. The van der Waals surface area contributed by atoms with Crippen LogP contribution in [0.5, 0.6) is 5.75 Å². The van der Waals surface area contributed by atoms with Crippen molar-refractivity contribution in [2.75, 3.05) is 18.0 Å². The van der Waals surface area contributed by atoms with Crippen LogP contribution < -0.4 is 4.90 Å². The van der Waals surface area contributed by atoms with Gasteiger partial charge in [-0.2, -0.15) is 0 Å². The highest BCUT2D eigenvalue weighted by atomic mass is 16.3. The molecule has 128 valence electrons. The molecule has 0 saturated carbocycles. The molecule has 2 aromatic rings. The quantitative estimate of drug-likeness (QED) is 0.752. The lowest BCUT2D eigenvalue weighted by atomic mass is 9.98. The van der Waals surface area contributed by atoms with Gasteiger partial charge in [0.25, 0.3) is 0 Å². The summed E-state index contributed by atoms with van der Waals surface area (Å²) in [6.45, 7) is 9.94. The Morgan fingerprint density at radius 2 is 1.54 bits per heavy atom. The third kappa shape index (κ3) is 4.16.